The fourth-order valence-corrected chi connectivity index (χ4v) is 2.90. The predicted molar refractivity (Wildman–Crippen MR) is 85.9 cm³/mol. The maximum atomic E-state index is 6.04. The van der Waals surface area contributed by atoms with Gasteiger partial charge in [-0.1, -0.05) is 30.3 Å². The van der Waals surface area contributed by atoms with E-state index in [1.54, 1.807) is 0 Å². The standard InChI is InChI=1S/C18H23N3/c1-21(13-14-4-3-9-20-12-14)18(11-19)17-6-2-5-16(10-17)15-7-8-15/h2-6,9-10,12,15,18H,7-8,11,13,19H2,1H3. The Kier molecular flexibility index (Phi) is 4.32. The summed E-state index contributed by atoms with van der Waals surface area (Å²) in [6.07, 6.45) is 6.40. The number of aromatic nitrogens is 1. The molecular formula is C18H23N3. The second-order valence-corrected chi connectivity index (χ2v) is 5.97. The SMILES string of the molecule is CN(Cc1cccnc1)C(CN)c1cccc(C2CC2)c1. The number of pyridine rings is 1. The molecule has 3 nitrogen and oxygen atoms in total. The molecule has 1 aromatic heterocycles. The van der Waals surface area contributed by atoms with Crippen LogP contribution in [-0.2, 0) is 6.54 Å². The zero-order chi connectivity index (χ0) is 14.7. The van der Waals surface area contributed by atoms with Gasteiger partial charge in [-0.05, 0) is 48.6 Å². The van der Waals surface area contributed by atoms with Crippen LogP contribution in [0.15, 0.2) is 48.8 Å². The number of nitrogens with two attached hydrogens (primary N) is 1. The lowest BCUT2D eigenvalue weighted by Crippen LogP contribution is -2.30. The molecule has 1 aromatic carbocycles. The van der Waals surface area contributed by atoms with Crippen LogP contribution in [0.25, 0.3) is 0 Å². The first-order chi connectivity index (χ1) is 10.3. The van der Waals surface area contributed by atoms with Crippen molar-refractivity contribution in [3.63, 3.8) is 0 Å². The van der Waals surface area contributed by atoms with Crippen molar-refractivity contribution < 1.29 is 0 Å². The lowest BCUT2D eigenvalue weighted by molar-refractivity contribution is 0.241. The van der Waals surface area contributed by atoms with Crippen molar-refractivity contribution in [1.82, 2.24) is 9.88 Å². The van der Waals surface area contributed by atoms with E-state index in [4.69, 9.17) is 5.73 Å². The van der Waals surface area contributed by atoms with Gasteiger partial charge in [0.1, 0.15) is 0 Å². The smallest absolute Gasteiger partial charge is 0.0471 e. The highest BCUT2D eigenvalue weighted by atomic mass is 15.1. The first kappa shape index (κ1) is 14.2. The second kappa shape index (κ2) is 6.37. The van der Waals surface area contributed by atoms with E-state index in [9.17, 15) is 0 Å². The molecule has 1 saturated carbocycles. The number of rotatable bonds is 6. The molecule has 0 bridgehead atoms. The van der Waals surface area contributed by atoms with Crippen LogP contribution >= 0.6 is 0 Å². The van der Waals surface area contributed by atoms with Crippen molar-refractivity contribution in [2.24, 2.45) is 5.73 Å². The van der Waals surface area contributed by atoms with Gasteiger partial charge in [0.2, 0.25) is 0 Å². The average molecular weight is 281 g/mol. The summed E-state index contributed by atoms with van der Waals surface area (Å²) in [7, 11) is 2.13. The van der Waals surface area contributed by atoms with Crippen molar-refractivity contribution in [2.75, 3.05) is 13.6 Å². The minimum atomic E-state index is 0.254. The van der Waals surface area contributed by atoms with Gasteiger partial charge in [-0.3, -0.25) is 9.88 Å². The molecule has 0 aliphatic heterocycles. The maximum absolute atomic E-state index is 6.04. The van der Waals surface area contributed by atoms with E-state index in [-0.39, 0.29) is 6.04 Å². The Morgan fingerprint density at radius 1 is 1.29 bits per heavy atom. The normalized spacial score (nSPS) is 16.1. The molecule has 0 amide bonds. The largest absolute Gasteiger partial charge is 0.329 e. The third kappa shape index (κ3) is 3.49. The van der Waals surface area contributed by atoms with Crippen LogP contribution in [0.3, 0.4) is 0 Å². The molecule has 1 unspecified atom stereocenters. The van der Waals surface area contributed by atoms with Crippen LogP contribution < -0.4 is 5.73 Å². The van der Waals surface area contributed by atoms with Gasteiger partial charge in [-0.2, -0.15) is 0 Å². The van der Waals surface area contributed by atoms with Crippen molar-refractivity contribution in [2.45, 2.75) is 31.3 Å². The lowest BCUT2D eigenvalue weighted by atomic mass is 10.0. The predicted octanol–water partition coefficient (Wildman–Crippen LogP) is 3.09. The van der Waals surface area contributed by atoms with Gasteiger partial charge >= 0.3 is 0 Å². The summed E-state index contributed by atoms with van der Waals surface area (Å²) in [6.45, 7) is 1.49. The summed E-state index contributed by atoms with van der Waals surface area (Å²) in [5.74, 6) is 0.784. The van der Waals surface area contributed by atoms with Crippen molar-refractivity contribution >= 4 is 0 Å². The number of benzene rings is 1. The lowest BCUT2D eigenvalue weighted by Gasteiger charge is -2.27. The molecule has 0 spiro atoms. The van der Waals surface area contributed by atoms with E-state index < -0.39 is 0 Å². The highest BCUT2D eigenvalue weighted by molar-refractivity contribution is 5.31. The van der Waals surface area contributed by atoms with E-state index in [1.807, 2.05) is 18.5 Å². The third-order valence-corrected chi connectivity index (χ3v) is 4.25. The second-order valence-electron chi connectivity index (χ2n) is 5.97. The first-order valence-electron chi connectivity index (χ1n) is 7.67. The Bertz CT molecular complexity index is 578. The molecule has 21 heavy (non-hydrogen) atoms. The summed E-state index contributed by atoms with van der Waals surface area (Å²) < 4.78 is 0. The van der Waals surface area contributed by atoms with Crippen molar-refractivity contribution in [3.8, 4) is 0 Å². The monoisotopic (exact) mass is 281 g/mol. The van der Waals surface area contributed by atoms with E-state index in [1.165, 1.54) is 29.5 Å². The Labute approximate surface area is 126 Å². The molecule has 1 heterocycles. The number of hydrogen-bond donors (Lipinski definition) is 1. The van der Waals surface area contributed by atoms with Crippen LogP contribution in [0.2, 0.25) is 0 Å². The van der Waals surface area contributed by atoms with Gasteiger partial charge in [-0.25, -0.2) is 0 Å². The van der Waals surface area contributed by atoms with Gasteiger partial charge in [0.25, 0.3) is 0 Å². The molecule has 3 heteroatoms. The molecule has 1 aliphatic rings. The van der Waals surface area contributed by atoms with Crippen LogP contribution in [0.5, 0.6) is 0 Å². The molecule has 2 N–H and O–H groups in total. The molecule has 1 aliphatic carbocycles. The summed E-state index contributed by atoms with van der Waals surface area (Å²) in [4.78, 5) is 6.49. The van der Waals surface area contributed by atoms with Crippen LogP contribution in [0.4, 0.5) is 0 Å². The highest BCUT2D eigenvalue weighted by Crippen LogP contribution is 2.40. The molecule has 0 saturated heterocycles. The maximum Gasteiger partial charge on any atom is 0.0471 e. The molecule has 110 valence electrons. The molecule has 2 aromatic rings. The Morgan fingerprint density at radius 3 is 2.81 bits per heavy atom. The quantitative estimate of drug-likeness (QED) is 0.884. The van der Waals surface area contributed by atoms with E-state index in [0.29, 0.717) is 6.54 Å². The zero-order valence-corrected chi connectivity index (χ0v) is 12.6. The summed E-state index contributed by atoms with van der Waals surface area (Å²) in [5, 5.41) is 0. The first-order valence-corrected chi connectivity index (χ1v) is 7.67. The Balaban J connectivity index is 1.75. The average Bonchev–Trinajstić information content (AvgIpc) is 3.34. The minimum Gasteiger partial charge on any atom is -0.329 e. The number of likely N-dealkylation sites (N-methyl/N-ethyl adjacent to an activating group) is 1. The van der Waals surface area contributed by atoms with Crippen LogP contribution in [0.1, 0.15) is 41.5 Å². The molecule has 3 rings (SSSR count). The fourth-order valence-electron chi connectivity index (χ4n) is 2.90. The van der Waals surface area contributed by atoms with Crippen molar-refractivity contribution in [3.05, 3.63) is 65.5 Å². The zero-order valence-electron chi connectivity index (χ0n) is 12.6. The van der Waals surface area contributed by atoms with E-state index in [0.717, 1.165) is 12.5 Å². The number of hydrogen-bond acceptors (Lipinski definition) is 3. The third-order valence-electron chi connectivity index (χ3n) is 4.25. The Morgan fingerprint density at radius 2 is 2.14 bits per heavy atom. The summed E-state index contributed by atoms with van der Waals surface area (Å²) in [5.41, 5.74) is 10.1. The van der Waals surface area contributed by atoms with E-state index in [2.05, 4.69) is 47.3 Å². The van der Waals surface area contributed by atoms with Gasteiger partial charge in [0.05, 0.1) is 0 Å². The van der Waals surface area contributed by atoms with Crippen molar-refractivity contribution in [1.29, 1.82) is 0 Å². The van der Waals surface area contributed by atoms with Gasteiger partial charge in [-0.15, -0.1) is 0 Å². The molecular weight excluding hydrogens is 258 g/mol. The van der Waals surface area contributed by atoms with Gasteiger partial charge in [0.15, 0.2) is 0 Å². The van der Waals surface area contributed by atoms with Gasteiger partial charge in [0, 0.05) is 31.5 Å². The Hall–Kier alpha value is -1.71. The minimum absolute atomic E-state index is 0.254. The van der Waals surface area contributed by atoms with E-state index >= 15 is 0 Å². The van der Waals surface area contributed by atoms with Crippen LogP contribution in [0, 0.1) is 0 Å². The fraction of sp³-hybridized carbons (Fsp3) is 0.389. The molecule has 1 atom stereocenters. The van der Waals surface area contributed by atoms with Crippen LogP contribution in [-0.4, -0.2) is 23.5 Å². The topological polar surface area (TPSA) is 42.2 Å². The molecule has 1 fully saturated rings. The molecule has 0 radical (unpaired) electrons. The summed E-state index contributed by atoms with van der Waals surface area (Å²) in [6, 6.07) is 13.3. The van der Waals surface area contributed by atoms with Gasteiger partial charge < -0.3 is 5.73 Å². The highest BCUT2D eigenvalue weighted by Gasteiger charge is 2.24. The summed E-state index contributed by atoms with van der Waals surface area (Å²) >= 11 is 0. The number of nitrogens with zero attached hydrogens (tertiary/aromatic N) is 2.